The maximum absolute atomic E-state index is 13.9. The minimum atomic E-state index is -0.871. The number of aliphatic hydroxyl groups excluding tert-OH is 1. The van der Waals surface area contributed by atoms with E-state index >= 15 is 0 Å². The molecule has 8 heteroatoms. The van der Waals surface area contributed by atoms with Gasteiger partial charge in [0.15, 0.2) is 0 Å². The van der Waals surface area contributed by atoms with E-state index < -0.39 is 18.2 Å². The molecule has 1 aliphatic carbocycles. The topological polar surface area (TPSA) is 100 Å². The molecule has 2 bridgehead atoms. The number of β-amino-alcohol motifs (C(OH)–C–C–N with tert-alkyl or cyclic N) is 1. The molecule has 0 aromatic heterocycles. The molecule has 8 nitrogen and oxygen atoms in total. The Morgan fingerprint density at radius 3 is 2.55 bits per heavy atom. The van der Waals surface area contributed by atoms with E-state index in [0.717, 1.165) is 54.5 Å². The van der Waals surface area contributed by atoms with Crippen molar-refractivity contribution in [2.24, 2.45) is 5.92 Å². The Balaban J connectivity index is 1.65. The third-order valence-electron chi connectivity index (χ3n) is 8.50. The molecule has 1 heterocycles. The second kappa shape index (κ2) is 15.3. The third kappa shape index (κ3) is 7.79. The van der Waals surface area contributed by atoms with Gasteiger partial charge >= 0.3 is 0 Å². The minimum Gasteiger partial charge on any atom is -0.497 e. The van der Waals surface area contributed by atoms with Gasteiger partial charge in [0.05, 0.1) is 32.0 Å². The summed E-state index contributed by atoms with van der Waals surface area (Å²) in [6, 6.07) is 14.4. The van der Waals surface area contributed by atoms with Crippen molar-refractivity contribution >= 4 is 11.8 Å². The van der Waals surface area contributed by atoms with Crippen molar-refractivity contribution < 1.29 is 24.2 Å². The monoisotopic (exact) mass is 577 g/mol. The Morgan fingerprint density at radius 2 is 1.86 bits per heavy atom. The largest absolute Gasteiger partial charge is 0.497 e. The molecule has 0 radical (unpaired) electrons. The molecule has 2 aliphatic rings. The fraction of sp³-hybridized carbons (Fsp3) is 0.529. The number of methoxy groups -OCH3 is 1. The number of hydrogen-bond acceptors (Lipinski definition) is 6. The van der Waals surface area contributed by atoms with Crippen LogP contribution in [0.3, 0.4) is 0 Å². The number of likely N-dealkylation sites (N-methyl/N-ethyl adjacent to an activating group) is 1. The van der Waals surface area contributed by atoms with Crippen LogP contribution in [0.5, 0.6) is 5.75 Å². The molecule has 0 saturated heterocycles. The number of hydrogen-bond donors (Lipinski definition) is 3. The van der Waals surface area contributed by atoms with Gasteiger partial charge in [-0.2, -0.15) is 0 Å². The van der Waals surface area contributed by atoms with Crippen molar-refractivity contribution in [2.75, 3.05) is 27.3 Å². The molecule has 0 fully saturated rings. The van der Waals surface area contributed by atoms with Crippen LogP contribution >= 0.6 is 0 Å². The lowest BCUT2D eigenvalue weighted by molar-refractivity contribution is -0.141. The quantitative estimate of drug-likeness (QED) is 0.380. The first-order valence-electron chi connectivity index (χ1n) is 15.3. The van der Waals surface area contributed by atoms with Gasteiger partial charge in [0, 0.05) is 25.6 Å². The molecule has 0 spiro atoms. The van der Waals surface area contributed by atoms with Gasteiger partial charge in [0.2, 0.25) is 11.8 Å². The highest BCUT2D eigenvalue weighted by Gasteiger charge is 2.35. The van der Waals surface area contributed by atoms with E-state index in [9.17, 15) is 14.7 Å². The van der Waals surface area contributed by atoms with Crippen LogP contribution in [0.25, 0.3) is 0 Å². The molecule has 1 unspecified atom stereocenters. The van der Waals surface area contributed by atoms with E-state index in [1.807, 2.05) is 54.6 Å². The van der Waals surface area contributed by atoms with E-state index in [0.29, 0.717) is 13.0 Å². The first-order chi connectivity index (χ1) is 20.4. The Labute approximate surface area is 250 Å². The average molecular weight is 578 g/mol. The lowest BCUT2D eigenvalue weighted by atomic mass is 9.96. The van der Waals surface area contributed by atoms with Crippen LogP contribution in [-0.2, 0) is 20.7 Å². The molecular weight excluding hydrogens is 530 g/mol. The van der Waals surface area contributed by atoms with Crippen molar-refractivity contribution in [3.63, 3.8) is 0 Å². The number of carbonyl (C=O) groups excluding carboxylic acids is 2. The van der Waals surface area contributed by atoms with Gasteiger partial charge in [0.1, 0.15) is 11.8 Å². The molecular formula is C34H47N3O5. The van der Waals surface area contributed by atoms with E-state index in [4.69, 9.17) is 9.47 Å². The number of amides is 2. The second-order valence-corrected chi connectivity index (χ2v) is 11.5. The summed E-state index contributed by atoms with van der Waals surface area (Å²) in [7, 11) is 3.35. The van der Waals surface area contributed by atoms with E-state index in [2.05, 4.69) is 24.5 Å². The van der Waals surface area contributed by atoms with Crippen LogP contribution < -0.4 is 15.4 Å². The molecule has 1 aliphatic heterocycles. The highest BCUT2D eigenvalue weighted by molar-refractivity contribution is 5.90. The number of nitrogens with one attached hydrogen (secondary N) is 2. The molecule has 3 N–H and O–H groups in total. The third-order valence-corrected chi connectivity index (χ3v) is 8.50. The van der Waals surface area contributed by atoms with Crippen molar-refractivity contribution in [1.29, 1.82) is 0 Å². The summed E-state index contributed by atoms with van der Waals surface area (Å²) in [6.07, 6.45) is 7.13. The van der Waals surface area contributed by atoms with Gasteiger partial charge in [0.25, 0.3) is 0 Å². The summed E-state index contributed by atoms with van der Waals surface area (Å²) in [5.74, 6) is 0.291. The fourth-order valence-corrected chi connectivity index (χ4v) is 6.18. The molecule has 2 aromatic carbocycles. The number of carbonyl (C=O) groups is 2. The van der Waals surface area contributed by atoms with Gasteiger partial charge in [-0.1, -0.05) is 75.2 Å². The second-order valence-electron chi connectivity index (χ2n) is 11.5. The summed E-state index contributed by atoms with van der Waals surface area (Å²) >= 11 is 0. The van der Waals surface area contributed by atoms with Crippen molar-refractivity contribution in [1.82, 2.24) is 15.5 Å². The molecule has 228 valence electrons. The number of ether oxygens (including phenoxy) is 2. The van der Waals surface area contributed by atoms with Crippen molar-refractivity contribution in [3.05, 3.63) is 77.4 Å². The van der Waals surface area contributed by atoms with Gasteiger partial charge < -0.3 is 30.1 Å². The maximum Gasteiger partial charge on any atom is 0.247 e. The molecule has 0 saturated carbocycles. The Hall–Kier alpha value is -3.20. The molecule has 4 rings (SSSR count). The van der Waals surface area contributed by atoms with Crippen LogP contribution in [0.4, 0.5) is 0 Å². The van der Waals surface area contributed by atoms with Crippen molar-refractivity contribution in [3.8, 4) is 5.75 Å². The molecule has 2 amide bonds. The average Bonchev–Trinajstić information content (AvgIpc) is 3.35. The zero-order valence-corrected chi connectivity index (χ0v) is 25.4. The van der Waals surface area contributed by atoms with Crippen LogP contribution in [-0.4, -0.2) is 67.3 Å². The fourth-order valence-electron chi connectivity index (χ4n) is 6.18. The zero-order chi connectivity index (χ0) is 30.1. The van der Waals surface area contributed by atoms with Crippen LogP contribution in [0, 0.1) is 5.92 Å². The van der Waals surface area contributed by atoms with Crippen LogP contribution in [0.2, 0.25) is 0 Å². The predicted octanol–water partition coefficient (Wildman–Crippen LogP) is 4.49. The highest BCUT2D eigenvalue weighted by Crippen LogP contribution is 2.42. The van der Waals surface area contributed by atoms with Crippen molar-refractivity contribution in [2.45, 2.75) is 82.7 Å². The number of rotatable bonds is 9. The summed E-state index contributed by atoms with van der Waals surface area (Å²) in [5, 5.41) is 18.1. The molecule has 42 heavy (non-hydrogen) atoms. The standard InChI is InChI=1S/C34H47N3O5/c1-5-11-24(12-6-2)34(40)37(3)30-15-10-18-42-32-21-28(27-20-25(41-4)16-17-26(27)32)35-22-31(38)29(36-33(30)39)19-23-13-8-7-9-14-23/h7-10,13-17,20,24,28-32,35,38H,5-6,11-12,18-19,21-22H2,1-4H3,(H,36,39)/b15-10+/t28-,29-,30?,31+,32+/m0/s1. The van der Waals surface area contributed by atoms with Crippen LogP contribution in [0.15, 0.2) is 60.7 Å². The Morgan fingerprint density at radius 1 is 1.12 bits per heavy atom. The van der Waals surface area contributed by atoms with E-state index in [-0.39, 0.29) is 36.4 Å². The Kier molecular flexibility index (Phi) is 11.6. The number of nitrogens with zero attached hydrogens (tertiary/aromatic N) is 1. The number of fused-ring (bicyclic) bond motifs is 5. The minimum absolute atomic E-state index is 0.0275. The van der Waals surface area contributed by atoms with E-state index in [1.165, 1.54) is 0 Å². The summed E-state index contributed by atoms with van der Waals surface area (Å²) in [6.45, 7) is 4.73. The number of aliphatic hydroxyl groups is 1. The smallest absolute Gasteiger partial charge is 0.247 e. The Bertz CT molecular complexity index is 1200. The first kappa shape index (κ1) is 31.7. The maximum atomic E-state index is 13.9. The normalized spacial score (nSPS) is 25.3. The summed E-state index contributed by atoms with van der Waals surface area (Å²) < 4.78 is 11.8. The number of benzene rings is 2. The van der Waals surface area contributed by atoms with Crippen LogP contribution in [0.1, 0.15) is 74.8 Å². The highest BCUT2D eigenvalue weighted by atomic mass is 16.5. The van der Waals surface area contributed by atoms with Gasteiger partial charge in [-0.25, -0.2) is 0 Å². The van der Waals surface area contributed by atoms with Gasteiger partial charge in [-0.3, -0.25) is 9.59 Å². The molecule has 5 atom stereocenters. The van der Waals surface area contributed by atoms with Gasteiger partial charge in [-0.05, 0) is 54.5 Å². The SMILES string of the molecule is CCCC(CCC)C(=O)N(C)C1/C=C/CO[C@@H]2C[C@H](NC[C@@H](O)[C@H](Cc3ccccc3)NC1=O)c1cc(OC)ccc12. The first-order valence-corrected chi connectivity index (χ1v) is 15.3. The lowest BCUT2D eigenvalue weighted by Crippen LogP contribution is -2.55. The lowest BCUT2D eigenvalue weighted by Gasteiger charge is -2.32. The zero-order valence-electron chi connectivity index (χ0n) is 25.4. The molecule has 2 aromatic rings. The summed E-state index contributed by atoms with van der Waals surface area (Å²) in [5.41, 5.74) is 3.19. The predicted molar refractivity (Wildman–Crippen MR) is 164 cm³/mol. The van der Waals surface area contributed by atoms with Gasteiger partial charge in [-0.15, -0.1) is 0 Å². The van der Waals surface area contributed by atoms with E-state index in [1.54, 1.807) is 25.1 Å². The summed E-state index contributed by atoms with van der Waals surface area (Å²) in [4.78, 5) is 29.0.